The highest BCUT2D eigenvalue weighted by Crippen LogP contribution is 2.56. The van der Waals surface area contributed by atoms with E-state index in [0.717, 1.165) is 12.0 Å². The van der Waals surface area contributed by atoms with Gasteiger partial charge in [0.05, 0.1) is 5.60 Å². The first kappa shape index (κ1) is 13.4. The van der Waals surface area contributed by atoms with Gasteiger partial charge in [-0.2, -0.15) is 0 Å². The van der Waals surface area contributed by atoms with E-state index < -0.39 is 5.60 Å². The van der Waals surface area contributed by atoms with Gasteiger partial charge in [0.1, 0.15) is 0 Å². The van der Waals surface area contributed by atoms with Crippen molar-refractivity contribution in [2.75, 3.05) is 0 Å². The fourth-order valence-electron chi connectivity index (χ4n) is 3.16. The molecular weight excluding hydrogens is 244 g/mol. The van der Waals surface area contributed by atoms with Crippen LogP contribution in [0.3, 0.4) is 0 Å². The van der Waals surface area contributed by atoms with E-state index in [0.29, 0.717) is 11.8 Å². The summed E-state index contributed by atoms with van der Waals surface area (Å²) < 4.78 is 0. The standard InChI is InChI=1S/C19H22O/c1-13-9-10-16(11-14(13)2)19(3,20)18-12-17(18)15-7-5-4-6-8-15/h4-11,17-18,20H,12H2,1-3H3. The van der Waals surface area contributed by atoms with Crippen molar-refractivity contribution in [2.24, 2.45) is 5.92 Å². The van der Waals surface area contributed by atoms with Crippen molar-refractivity contribution in [3.8, 4) is 0 Å². The molecule has 1 nitrogen and oxygen atoms in total. The highest BCUT2D eigenvalue weighted by Gasteiger charge is 2.50. The number of hydrogen-bond donors (Lipinski definition) is 1. The summed E-state index contributed by atoms with van der Waals surface area (Å²) in [6.45, 7) is 6.18. The largest absolute Gasteiger partial charge is 0.385 e. The van der Waals surface area contributed by atoms with Crippen LogP contribution in [-0.2, 0) is 5.60 Å². The molecule has 0 aromatic heterocycles. The highest BCUT2D eigenvalue weighted by molar-refractivity contribution is 5.36. The molecule has 0 radical (unpaired) electrons. The lowest BCUT2D eigenvalue weighted by atomic mass is 9.87. The van der Waals surface area contributed by atoms with Crippen molar-refractivity contribution in [2.45, 2.75) is 38.7 Å². The van der Waals surface area contributed by atoms with Crippen LogP contribution in [0.15, 0.2) is 48.5 Å². The first-order valence-corrected chi connectivity index (χ1v) is 7.35. The van der Waals surface area contributed by atoms with Crippen LogP contribution in [0, 0.1) is 19.8 Å². The van der Waals surface area contributed by atoms with Crippen LogP contribution in [0.5, 0.6) is 0 Å². The van der Waals surface area contributed by atoms with E-state index in [4.69, 9.17) is 0 Å². The molecule has 3 atom stereocenters. The number of benzene rings is 2. The van der Waals surface area contributed by atoms with Crippen LogP contribution in [-0.4, -0.2) is 5.11 Å². The Balaban J connectivity index is 1.85. The predicted molar refractivity (Wildman–Crippen MR) is 82.8 cm³/mol. The first-order valence-electron chi connectivity index (χ1n) is 7.35. The molecule has 1 saturated carbocycles. The fourth-order valence-corrected chi connectivity index (χ4v) is 3.16. The minimum absolute atomic E-state index is 0.326. The maximum atomic E-state index is 11.0. The Labute approximate surface area is 121 Å². The first-order chi connectivity index (χ1) is 9.50. The molecule has 104 valence electrons. The summed E-state index contributed by atoms with van der Waals surface area (Å²) in [7, 11) is 0. The second-order valence-corrected chi connectivity index (χ2v) is 6.31. The Morgan fingerprint density at radius 3 is 2.35 bits per heavy atom. The summed E-state index contributed by atoms with van der Waals surface area (Å²) in [5.41, 5.74) is 4.18. The third-order valence-corrected chi connectivity index (χ3v) is 4.83. The molecule has 0 saturated heterocycles. The summed E-state index contributed by atoms with van der Waals surface area (Å²) in [5, 5.41) is 11.0. The molecular formula is C19H22O. The van der Waals surface area contributed by atoms with Crippen LogP contribution in [0.4, 0.5) is 0 Å². The molecule has 0 heterocycles. The molecule has 1 fully saturated rings. The van der Waals surface area contributed by atoms with Crippen molar-refractivity contribution >= 4 is 0 Å². The lowest BCUT2D eigenvalue weighted by molar-refractivity contribution is 0.0308. The van der Waals surface area contributed by atoms with Gasteiger partial charge in [-0.3, -0.25) is 0 Å². The molecule has 0 aliphatic heterocycles. The summed E-state index contributed by atoms with van der Waals surface area (Å²) in [6.07, 6.45) is 1.07. The average molecular weight is 266 g/mol. The number of aliphatic hydroxyl groups is 1. The van der Waals surface area contributed by atoms with E-state index in [1.165, 1.54) is 16.7 Å². The second kappa shape index (κ2) is 4.75. The molecule has 2 aromatic rings. The van der Waals surface area contributed by atoms with E-state index in [1.807, 2.05) is 13.0 Å². The SMILES string of the molecule is Cc1ccc(C(C)(O)C2CC2c2ccccc2)cc1C. The van der Waals surface area contributed by atoms with Crippen molar-refractivity contribution in [3.05, 3.63) is 70.8 Å². The van der Waals surface area contributed by atoms with E-state index >= 15 is 0 Å². The number of hydrogen-bond acceptors (Lipinski definition) is 1. The van der Waals surface area contributed by atoms with Gasteiger partial charge in [-0.15, -0.1) is 0 Å². The number of aryl methyl sites for hydroxylation is 2. The molecule has 1 N–H and O–H groups in total. The summed E-state index contributed by atoms with van der Waals surface area (Å²) in [5.74, 6) is 0.819. The third kappa shape index (κ3) is 2.27. The normalized spacial score (nSPS) is 24.2. The Kier molecular flexibility index (Phi) is 3.18. The Morgan fingerprint density at radius 2 is 1.70 bits per heavy atom. The van der Waals surface area contributed by atoms with Gasteiger partial charge in [-0.05, 0) is 61.3 Å². The highest BCUT2D eigenvalue weighted by atomic mass is 16.3. The van der Waals surface area contributed by atoms with E-state index in [-0.39, 0.29) is 0 Å². The summed E-state index contributed by atoms with van der Waals surface area (Å²) in [4.78, 5) is 0. The van der Waals surface area contributed by atoms with Gasteiger partial charge in [0.15, 0.2) is 0 Å². The predicted octanol–water partition coefficient (Wildman–Crippen LogP) is 4.31. The molecule has 3 rings (SSSR count). The van der Waals surface area contributed by atoms with Gasteiger partial charge in [-0.1, -0.05) is 48.5 Å². The van der Waals surface area contributed by atoms with Gasteiger partial charge in [-0.25, -0.2) is 0 Å². The van der Waals surface area contributed by atoms with E-state index in [9.17, 15) is 5.11 Å². The third-order valence-electron chi connectivity index (χ3n) is 4.83. The summed E-state index contributed by atoms with van der Waals surface area (Å²) in [6, 6.07) is 16.9. The molecule has 0 spiro atoms. The fraction of sp³-hybridized carbons (Fsp3) is 0.368. The average Bonchev–Trinajstić information content (AvgIpc) is 3.24. The van der Waals surface area contributed by atoms with Crippen LogP contribution in [0.2, 0.25) is 0 Å². The molecule has 3 unspecified atom stereocenters. The Morgan fingerprint density at radius 1 is 1.00 bits per heavy atom. The molecule has 0 amide bonds. The second-order valence-electron chi connectivity index (χ2n) is 6.31. The minimum Gasteiger partial charge on any atom is -0.385 e. The van der Waals surface area contributed by atoms with Crippen molar-refractivity contribution in [1.29, 1.82) is 0 Å². The van der Waals surface area contributed by atoms with Crippen LogP contribution < -0.4 is 0 Å². The Hall–Kier alpha value is -1.60. The molecule has 1 aliphatic carbocycles. The van der Waals surface area contributed by atoms with Crippen LogP contribution >= 0.6 is 0 Å². The number of rotatable bonds is 3. The molecule has 2 aromatic carbocycles. The van der Waals surface area contributed by atoms with Crippen LogP contribution in [0.25, 0.3) is 0 Å². The maximum Gasteiger partial charge on any atom is 0.0902 e. The molecule has 1 heteroatoms. The van der Waals surface area contributed by atoms with Crippen molar-refractivity contribution in [1.82, 2.24) is 0 Å². The topological polar surface area (TPSA) is 20.2 Å². The lowest BCUT2D eigenvalue weighted by Gasteiger charge is -2.25. The molecule has 0 bridgehead atoms. The quantitative estimate of drug-likeness (QED) is 0.877. The summed E-state index contributed by atoms with van der Waals surface area (Å²) >= 11 is 0. The van der Waals surface area contributed by atoms with Gasteiger partial charge < -0.3 is 5.11 Å². The lowest BCUT2D eigenvalue weighted by Crippen LogP contribution is -2.25. The van der Waals surface area contributed by atoms with Crippen molar-refractivity contribution in [3.63, 3.8) is 0 Å². The molecule has 20 heavy (non-hydrogen) atoms. The van der Waals surface area contributed by atoms with Crippen molar-refractivity contribution < 1.29 is 5.11 Å². The van der Waals surface area contributed by atoms with Gasteiger partial charge in [0, 0.05) is 0 Å². The molecule has 1 aliphatic rings. The minimum atomic E-state index is -0.737. The van der Waals surface area contributed by atoms with E-state index in [1.54, 1.807) is 0 Å². The monoisotopic (exact) mass is 266 g/mol. The smallest absolute Gasteiger partial charge is 0.0902 e. The zero-order chi connectivity index (χ0) is 14.3. The van der Waals surface area contributed by atoms with Gasteiger partial charge in [0.2, 0.25) is 0 Å². The zero-order valence-electron chi connectivity index (χ0n) is 12.4. The van der Waals surface area contributed by atoms with Gasteiger partial charge in [0.25, 0.3) is 0 Å². The zero-order valence-corrected chi connectivity index (χ0v) is 12.4. The van der Waals surface area contributed by atoms with Gasteiger partial charge >= 0.3 is 0 Å². The maximum absolute atomic E-state index is 11.0. The van der Waals surface area contributed by atoms with E-state index in [2.05, 4.69) is 56.3 Å². The van der Waals surface area contributed by atoms with Crippen LogP contribution in [0.1, 0.15) is 41.5 Å². The Bertz CT molecular complexity index is 613.